The van der Waals surface area contributed by atoms with Crippen LogP contribution in [0.4, 0.5) is 5.69 Å². The Hall–Kier alpha value is -4.07. The molecule has 4 aromatic rings. The number of hydrogen-bond donors (Lipinski definition) is 1. The van der Waals surface area contributed by atoms with Crippen LogP contribution in [-0.2, 0) is 11.8 Å². The van der Waals surface area contributed by atoms with Crippen molar-refractivity contribution in [2.75, 3.05) is 5.32 Å². The van der Waals surface area contributed by atoms with Gasteiger partial charge in [-0.15, -0.1) is 0 Å². The molecule has 0 bridgehead atoms. The van der Waals surface area contributed by atoms with E-state index < -0.39 is 17.6 Å². The molecule has 0 fully saturated rings. The van der Waals surface area contributed by atoms with Gasteiger partial charge in [0.15, 0.2) is 6.10 Å². The van der Waals surface area contributed by atoms with E-state index in [0.29, 0.717) is 22.7 Å². The van der Waals surface area contributed by atoms with Crippen molar-refractivity contribution in [1.82, 2.24) is 9.36 Å². The van der Waals surface area contributed by atoms with Crippen LogP contribution in [0.1, 0.15) is 12.6 Å². The minimum atomic E-state index is -0.892. The van der Waals surface area contributed by atoms with Gasteiger partial charge in [-0.25, -0.2) is 9.48 Å². The average molecular weight is 419 g/mol. The predicted molar refractivity (Wildman–Crippen MR) is 117 cm³/mol. The average Bonchev–Trinajstić information content (AvgIpc) is 2.97. The number of rotatable bonds is 5. The summed E-state index contributed by atoms with van der Waals surface area (Å²) < 4.78 is 14.0. The third-order valence-electron chi connectivity index (χ3n) is 5.08. The lowest BCUT2D eigenvalue weighted by Crippen LogP contribution is -2.32. The third-order valence-corrected chi connectivity index (χ3v) is 5.08. The maximum Gasteiger partial charge on any atom is 0.336 e. The molecule has 1 atom stereocenters. The number of carbonyl (C=O) groups excluding carboxylic acids is 1. The number of benzene rings is 2. The van der Waals surface area contributed by atoms with Gasteiger partial charge in [0.25, 0.3) is 11.5 Å². The summed E-state index contributed by atoms with van der Waals surface area (Å²) in [5, 5.41) is 3.43. The first-order valence-electron chi connectivity index (χ1n) is 9.70. The first-order valence-corrected chi connectivity index (χ1v) is 9.70. The minimum Gasteiger partial charge on any atom is -0.481 e. The van der Waals surface area contributed by atoms with Gasteiger partial charge in [0, 0.05) is 24.6 Å². The van der Waals surface area contributed by atoms with Crippen molar-refractivity contribution in [1.29, 1.82) is 0 Å². The number of carbonyl (C=O) groups is 1. The molecular weight excluding hydrogens is 398 g/mol. The van der Waals surface area contributed by atoms with Crippen molar-refractivity contribution in [2.24, 2.45) is 7.05 Å². The van der Waals surface area contributed by atoms with E-state index in [4.69, 9.17) is 9.15 Å². The van der Waals surface area contributed by atoms with E-state index in [1.807, 2.05) is 30.3 Å². The molecule has 2 heterocycles. The molecule has 0 spiro atoms. The molecule has 4 rings (SSSR count). The lowest BCUT2D eigenvalue weighted by molar-refractivity contribution is -0.122. The van der Waals surface area contributed by atoms with Gasteiger partial charge >= 0.3 is 5.63 Å². The lowest BCUT2D eigenvalue weighted by Gasteiger charge is -2.14. The Labute approximate surface area is 177 Å². The maximum absolute atomic E-state index is 13.0. The number of anilines is 1. The fraction of sp³-hybridized carbons (Fsp3) is 0.174. The van der Waals surface area contributed by atoms with Crippen LogP contribution >= 0.6 is 0 Å². The van der Waals surface area contributed by atoms with Gasteiger partial charge in [0.2, 0.25) is 0 Å². The molecule has 0 unspecified atom stereocenters. The van der Waals surface area contributed by atoms with E-state index in [9.17, 15) is 14.4 Å². The summed E-state index contributed by atoms with van der Waals surface area (Å²) in [6, 6.07) is 17.1. The van der Waals surface area contributed by atoms with Crippen molar-refractivity contribution in [2.45, 2.75) is 20.0 Å². The normalized spacial score (nSPS) is 12.0. The Bertz CT molecular complexity index is 1380. The molecule has 0 saturated carbocycles. The number of ether oxygens (including phenoxy) is 1. The summed E-state index contributed by atoms with van der Waals surface area (Å²) in [5.74, 6) is -0.100. The Balaban J connectivity index is 1.56. The van der Waals surface area contributed by atoms with Crippen molar-refractivity contribution in [3.05, 3.63) is 87.1 Å². The molecule has 0 aliphatic heterocycles. The minimum absolute atomic E-state index is 0.191. The second kappa shape index (κ2) is 7.98. The van der Waals surface area contributed by atoms with Crippen LogP contribution in [0.2, 0.25) is 0 Å². The number of hydrogen-bond acceptors (Lipinski definition) is 5. The van der Waals surface area contributed by atoms with Crippen molar-refractivity contribution >= 4 is 22.6 Å². The zero-order valence-corrected chi connectivity index (χ0v) is 17.3. The number of para-hydroxylation sites is 1. The van der Waals surface area contributed by atoms with Crippen LogP contribution in [0.3, 0.4) is 0 Å². The maximum atomic E-state index is 13.0. The largest absolute Gasteiger partial charge is 0.481 e. The second-order valence-electron chi connectivity index (χ2n) is 7.14. The topological polar surface area (TPSA) is 95.5 Å². The second-order valence-corrected chi connectivity index (χ2v) is 7.14. The molecule has 31 heavy (non-hydrogen) atoms. The van der Waals surface area contributed by atoms with Crippen LogP contribution in [0.5, 0.6) is 5.75 Å². The molecule has 2 aromatic carbocycles. The number of amides is 1. The van der Waals surface area contributed by atoms with E-state index in [1.165, 1.54) is 10.7 Å². The molecule has 2 aromatic heterocycles. The molecule has 158 valence electrons. The van der Waals surface area contributed by atoms with Crippen molar-refractivity contribution in [3.63, 3.8) is 0 Å². The SMILES string of the molecule is Cc1c(NC(=O)[C@H](C)Oc2ccc3ccc(=O)oc3c2)c(=O)n(-c2ccccc2)n1C. The van der Waals surface area contributed by atoms with Crippen molar-refractivity contribution < 1.29 is 13.9 Å². The van der Waals surface area contributed by atoms with Gasteiger partial charge in [0.05, 0.1) is 11.4 Å². The molecule has 0 saturated heterocycles. The molecule has 1 amide bonds. The number of aromatic nitrogens is 2. The van der Waals surface area contributed by atoms with E-state index in [-0.39, 0.29) is 11.2 Å². The summed E-state index contributed by atoms with van der Waals surface area (Å²) in [5.41, 5.74) is 1.06. The van der Waals surface area contributed by atoms with E-state index in [0.717, 1.165) is 5.39 Å². The fourth-order valence-electron chi connectivity index (χ4n) is 3.31. The van der Waals surface area contributed by atoms with E-state index in [1.54, 1.807) is 49.8 Å². The number of fused-ring (bicyclic) bond motifs is 1. The monoisotopic (exact) mass is 419 g/mol. The Morgan fingerprint density at radius 1 is 1.06 bits per heavy atom. The summed E-state index contributed by atoms with van der Waals surface area (Å²) in [6.45, 7) is 3.34. The molecule has 8 nitrogen and oxygen atoms in total. The number of nitrogens with zero attached hydrogens (tertiary/aromatic N) is 2. The highest BCUT2D eigenvalue weighted by atomic mass is 16.5. The summed E-state index contributed by atoms with van der Waals surface area (Å²) in [4.78, 5) is 37.1. The fourth-order valence-corrected chi connectivity index (χ4v) is 3.31. The quantitative estimate of drug-likeness (QED) is 0.502. The van der Waals surface area contributed by atoms with E-state index in [2.05, 4.69) is 5.32 Å². The highest BCUT2D eigenvalue weighted by Gasteiger charge is 2.22. The summed E-state index contributed by atoms with van der Waals surface area (Å²) >= 11 is 0. The Kier molecular flexibility index (Phi) is 5.21. The highest BCUT2D eigenvalue weighted by molar-refractivity contribution is 5.94. The standard InChI is InChI=1S/C23H21N3O5/c1-14-21(23(29)26(25(14)3)17-7-5-4-6-8-17)24-22(28)15(2)30-18-11-9-16-10-12-20(27)31-19(16)13-18/h4-13,15H,1-3H3,(H,24,28)/t15-/m0/s1. The first-order chi connectivity index (χ1) is 14.8. The molecule has 1 N–H and O–H groups in total. The van der Waals surface area contributed by atoms with Gasteiger partial charge in [-0.3, -0.25) is 14.3 Å². The molecule has 0 aliphatic rings. The third kappa shape index (κ3) is 3.87. The van der Waals surface area contributed by atoms with Gasteiger partial charge in [0.1, 0.15) is 17.0 Å². The van der Waals surface area contributed by atoms with Gasteiger partial charge in [-0.05, 0) is 44.2 Å². The molecule has 8 heteroatoms. The van der Waals surface area contributed by atoms with Crippen LogP contribution in [0.15, 0.2) is 74.7 Å². The molecule has 0 radical (unpaired) electrons. The molecule has 0 aliphatic carbocycles. The van der Waals surface area contributed by atoms with Gasteiger partial charge in [-0.2, -0.15) is 0 Å². The van der Waals surface area contributed by atoms with Crippen LogP contribution < -0.4 is 21.2 Å². The summed E-state index contributed by atoms with van der Waals surface area (Å²) in [7, 11) is 1.75. The molecular formula is C23H21N3O5. The Morgan fingerprint density at radius 2 is 1.77 bits per heavy atom. The zero-order chi connectivity index (χ0) is 22.1. The lowest BCUT2D eigenvalue weighted by atomic mass is 10.2. The predicted octanol–water partition coefficient (Wildman–Crippen LogP) is 3.00. The van der Waals surface area contributed by atoms with Crippen LogP contribution in [0, 0.1) is 6.92 Å². The zero-order valence-electron chi connectivity index (χ0n) is 17.3. The van der Waals surface area contributed by atoms with E-state index >= 15 is 0 Å². The Morgan fingerprint density at radius 3 is 2.52 bits per heavy atom. The first kappa shape index (κ1) is 20.2. The smallest absolute Gasteiger partial charge is 0.336 e. The number of nitrogens with one attached hydrogen (secondary N) is 1. The van der Waals surface area contributed by atoms with Crippen LogP contribution in [-0.4, -0.2) is 21.4 Å². The van der Waals surface area contributed by atoms with Crippen molar-refractivity contribution in [3.8, 4) is 11.4 Å². The van der Waals surface area contributed by atoms with Gasteiger partial charge in [-0.1, -0.05) is 18.2 Å². The van der Waals surface area contributed by atoms with Gasteiger partial charge < -0.3 is 14.5 Å². The van der Waals surface area contributed by atoms with Crippen LogP contribution in [0.25, 0.3) is 16.7 Å². The summed E-state index contributed by atoms with van der Waals surface area (Å²) in [6.07, 6.45) is -0.892. The highest BCUT2D eigenvalue weighted by Crippen LogP contribution is 2.21.